The Bertz CT molecular complexity index is 351. The fraction of sp³-hybridized carbons (Fsp3) is 0.625. The van der Waals surface area contributed by atoms with Crippen LogP contribution in [0, 0.1) is 5.92 Å². The van der Waals surface area contributed by atoms with Gasteiger partial charge in [-0.15, -0.1) is 0 Å². The Morgan fingerprint density at radius 1 is 1.33 bits per heavy atom. The molecule has 1 aromatic carbocycles. The summed E-state index contributed by atoms with van der Waals surface area (Å²) in [7, 11) is 0. The summed E-state index contributed by atoms with van der Waals surface area (Å²) in [5.41, 5.74) is 1.24. The zero-order chi connectivity index (χ0) is 13.0. The van der Waals surface area contributed by atoms with Crippen LogP contribution in [0.1, 0.15) is 44.7 Å². The van der Waals surface area contributed by atoms with Crippen LogP contribution in [0.2, 0.25) is 0 Å². The van der Waals surface area contributed by atoms with Gasteiger partial charge in [0.25, 0.3) is 0 Å². The number of piperidine rings is 1. The van der Waals surface area contributed by atoms with E-state index in [0.29, 0.717) is 6.04 Å². The zero-order valence-corrected chi connectivity index (χ0v) is 11.5. The van der Waals surface area contributed by atoms with Crippen LogP contribution < -0.4 is 0 Å². The maximum atomic E-state index is 9.77. The third-order valence-corrected chi connectivity index (χ3v) is 4.48. The molecular weight excluding hydrogens is 222 g/mol. The zero-order valence-electron chi connectivity index (χ0n) is 11.5. The van der Waals surface area contributed by atoms with E-state index >= 15 is 0 Å². The lowest BCUT2D eigenvalue weighted by molar-refractivity contribution is 0.0313. The molecule has 2 rings (SSSR count). The highest BCUT2D eigenvalue weighted by Gasteiger charge is 2.31. The first-order valence-electron chi connectivity index (χ1n) is 7.19. The van der Waals surface area contributed by atoms with E-state index in [1.165, 1.54) is 24.8 Å². The van der Waals surface area contributed by atoms with Crippen LogP contribution in [0.4, 0.5) is 0 Å². The molecule has 0 aliphatic carbocycles. The first-order chi connectivity index (χ1) is 8.77. The number of aliphatic hydroxyl groups excluding tert-OH is 1. The van der Waals surface area contributed by atoms with Crippen LogP contribution in [-0.4, -0.2) is 29.2 Å². The molecule has 0 unspecified atom stereocenters. The minimum atomic E-state index is 0.163. The van der Waals surface area contributed by atoms with Gasteiger partial charge >= 0.3 is 0 Å². The Morgan fingerprint density at radius 3 is 2.67 bits per heavy atom. The normalized spacial score (nSPS) is 27.1. The highest BCUT2D eigenvalue weighted by atomic mass is 16.3. The summed E-state index contributed by atoms with van der Waals surface area (Å²) in [5, 5.41) is 9.77. The fourth-order valence-electron chi connectivity index (χ4n) is 3.31. The Hall–Kier alpha value is -0.860. The van der Waals surface area contributed by atoms with Crippen LogP contribution in [-0.2, 0) is 0 Å². The van der Waals surface area contributed by atoms with Gasteiger partial charge in [0.05, 0.1) is 12.6 Å². The molecule has 0 saturated carbocycles. The third-order valence-electron chi connectivity index (χ3n) is 4.48. The van der Waals surface area contributed by atoms with Crippen molar-refractivity contribution in [3.05, 3.63) is 35.9 Å². The van der Waals surface area contributed by atoms with E-state index in [4.69, 9.17) is 0 Å². The van der Waals surface area contributed by atoms with Crippen LogP contribution in [0.15, 0.2) is 30.3 Å². The molecule has 3 atom stereocenters. The molecule has 2 nitrogen and oxygen atoms in total. The van der Waals surface area contributed by atoms with E-state index in [1.807, 2.05) is 6.07 Å². The number of nitrogens with zero attached hydrogens (tertiary/aromatic N) is 1. The fourth-order valence-corrected chi connectivity index (χ4v) is 3.31. The van der Waals surface area contributed by atoms with Gasteiger partial charge < -0.3 is 5.11 Å². The van der Waals surface area contributed by atoms with E-state index in [9.17, 15) is 5.11 Å². The van der Waals surface area contributed by atoms with Gasteiger partial charge in [-0.25, -0.2) is 0 Å². The lowest BCUT2D eigenvalue weighted by atomic mass is 9.86. The molecule has 0 radical (unpaired) electrons. The van der Waals surface area contributed by atoms with Crippen molar-refractivity contribution < 1.29 is 5.11 Å². The van der Waals surface area contributed by atoms with Crippen LogP contribution >= 0.6 is 0 Å². The number of likely N-dealkylation sites (tertiary alicyclic amines) is 1. The Morgan fingerprint density at radius 2 is 2.06 bits per heavy atom. The maximum absolute atomic E-state index is 9.77. The van der Waals surface area contributed by atoms with Crippen molar-refractivity contribution in [1.29, 1.82) is 0 Å². The molecule has 1 N–H and O–H groups in total. The van der Waals surface area contributed by atoms with Crippen molar-refractivity contribution in [2.45, 2.75) is 45.2 Å². The number of aliphatic hydroxyl groups is 1. The Labute approximate surface area is 111 Å². The average Bonchev–Trinajstić information content (AvgIpc) is 2.43. The lowest BCUT2D eigenvalue weighted by Crippen LogP contribution is -2.46. The molecule has 0 spiro atoms. The quantitative estimate of drug-likeness (QED) is 0.883. The third kappa shape index (κ3) is 2.76. The van der Waals surface area contributed by atoms with E-state index < -0.39 is 0 Å². The summed E-state index contributed by atoms with van der Waals surface area (Å²) < 4.78 is 0. The number of hydrogen-bond acceptors (Lipinski definition) is 2. The molecule has 1 fully saturated rings. The molecular formula is C16H25NO. The highest BCUT2D eigenvalue weighted by molar-refractivity contribution is 5.19. The molecule has 1 heterocycles. The van der Waals surface area contributed by atoms with Crippen molar-refractivity contribution in [3.63, 3.8) is 0 Å². The van der Waals surface area contributed by atoms with Gasteiger partial charge in [0.15, 0.2) is 0 Å². The van der Waals surface area contributed by atoms with Gasteiger partial charge in [0, 0.05) is 6.04 Å². The van der Waals surface area contributed by atoms with Gasteiger partial charge in [0.1, 0.15) is 0 Å². The standard InChI is InChI=1S/C16H25NO/c1-3-14-10-7-11-17(13(14)2)16(12-18)15-8-5-4-6-9-15/h4-6,8-9,13-14,16,18H,3,7,10-12H2,1-2H3/t13-,14-,16+/m1/s1. The van der Waals surface area contributed by atoms with E-state index in [0.717, 1.165) is 12.5 Å². The minimum Gasteiger partial charge on any atom is -0.394 e. The molecule has 100 valence electrons. The van der Waals surface area contributed by atoms with Gasteiger partial charge in [0.2, 0.25) is 0 Å². The number of hydrogen-bond donors (Lipinski definition) is 1. The largest absolute Gasteiger partial charge is 0.394 e. The van der Waals surface area contributed by atoms with Crippen molar-refractivity contribution in [3.8, 4) is 0 Å². The van der Waals surface area contributed by atoms with Gasteiger partial charge in [-0.05, 0) is 37.8 Å². The molecule has 1 aliphatic rings. The average molecular weight is 247 g/mol. The molecule has 0 bridgehead atoms. The second kappa shape index (κ2) is 6.35. The van der Waals surface area contributed by atoms with Crippen molar-refractivity contribution in [1.82, 2.24) is 4.90 Å². The Kier molecular flexibility index (Phi) is 4.79. The predicted octanol–water partition coefficient (Wildman–Crippen LogP) is 3.23. The molecule has 1 aromatic rings. The number of benzene rings is 1. The van der Waals surface area contributed by atoms with Crippen molar-refractivity contribution in [2.24, 2.45) is 5.92 Å². The second-order valence-corrected chi connectivity index (χ2v) is 5.40. The molecule has 18 heavy (non-hydrogen) atoms. The van der Waals surface area contributed by atoms with Gasteiger partial charge in [-0.2, -0.15) is 0 Å². The maximum Gasteiger partial charge on any atom is 0.0628 e. The summed E-state index contributed by atoms with van der Waals surface area (Å²) in [6, 6.07) is 11.1. The summed E-state index contributed by atoms with van der Waals surface area (Å²) in [6.45, 7) is 5.92. The summed E-state index contributed by atoms with van der Waals surface area (Å²) in [4.78, 5) is 2.49. The van der Waals surface area contributed by atoms with E-state index in [-0.39, 0.29) is 12.6 Å². The van der Waals surface area contributed by atoms with E-state index in [2.05, 4.69) is 43.0 Å². The predicted molar refractivity (Wildman–Crippen MR) is 75.5 cm³/mol. The second-order valence-electron chi connectivity index (χ2n) is 5.40. The molecule has 0 amide bonds. The summed E-state index contributed by atoms with van der Waals surface area (Å²) in [6.07, 6.45) is 3.83. The number of rotatable bonds is 4. The topological polar surface area (TPSA) is 23.5 Å². The summed E-state index contributed by atoms with van der Waals surface area (Å²) >= 11 is 0. The first kappa shape index (κ1) is 13.6. The monoisotopic (exact) mass is 247 g/mol. The summed E-state index contributed by atoms with van der Waals surface area (Å²) in [5.74, 6) is 0.775. The molecule has 1 aliphatic heterocycles. The van der Waals surface area contributed by atoms with Crippen LogP contribution in [0.25, 0.3) is 0 Å². The Balaban J connectivity index is 2.17. The van der Waals surface area contributed by atoms with Crippen molar-refractivity contribution in [2.75, 3.05) is 13.2 Å². The van der Waals surface area contributed by atoms with Gasteiger partial charge in [-0.3, -0.25) is 4.90 Å². The molecule has 1 saturated heterocycles. The van der Waals surface area contributed by atoms with Gasteiger partial charge in [-0.1, -0.05) is 43.7 Å². The highest BCUT2D eigenvalue weighted by Crippen LogP contribution is 2.32. The van der Waals surface area contributed by atoms with E-state index in [1.54, 1.807) is 0 Å². The van der Waals surface area contributed by atoms with Crippen molar-refractivity contribution >= 4 is 0 Å². The van der Waals surface area contributed by atoms with Crippen LogP contribution in [0.3, 0.4) is 0 Å². The molecule has 2 heteroatoms. The first-order valence-corrected chi connectivity index (χ1v) is 7.19. The lowest BCUT2D eigenvalue weighted by Gasteiger charge is -2.43. The smallest absolute Gasteiger partial charge is 0.0628 e. The molecule has 0 aromatic heterocycles. The SMILES string of the molecule is CC[C@@H]1CCCN([C@@H](CO)c2ccccc2)[C@@H]1C. The minimum absolute atomic E-state index is 0.163. The van der Waals surface area contributed by atoms with Crippen LogP contribution in [0.5, 0.6) is 0 Å².